The summed E-state index contributed by atoms with van der Waals surface area (Å²) in [5.74, 6) is 0. The lowest BCUT2D eigenvalue weighted by Crippen LogP contribution is -2.32. The Morgan fingerprint density at radius 2 is 1.86 bits per heavy atom. The summed E-state index contributed by atoms with van der Waals surface area (Å²) in [5.41, 5.74) is 1.88. The number of anilines is 1. The Balaban J connectivity index is 1.76. The second-order valence-electron chi connectivity index (χ2n) is 5.88. The number of aryl methyl sites for hydroxylation is 1. The second kappa shape index (κ2) is 7.98. The van der Waals surface area contributed by atoms with Gasteiger partial charge in [-0.3, -0.25) is 10.1 Å². The van der Waals surface area contributed by atoms with Crippen LogP contribution in [0.1, 0.15) is 44.1 Å². The molecule has 0 radical (unpaired) electrons. The van der Waals surface area contributed by atoms with Gasteiger partial charge in [0.05, 0.1) is 4.92 Å². The lowest BCUT2D eigenvalue weighted by atomic mass is 10.1. The molecule has 1 saturated carbocycles. The van der Waals surface area contributed by atoms with E-state index in [9.17, 15) is 10.1 Å². The SMILES string of the molecule is Cc1cc(NCCNC2CCCCCC2)cc([N+](=O)[O-])c1. The third kappa shape index (κ3) is 5.34. The van der Waals surface area contributed by atoms with Gasteiger partial charge in [-0.15, -0.1) is 0 Å². The molecule has 21 heavy (non-hydrogen) atoms. The zero-order valence-electron chi connectivity index (χ0n) is 12.7. The smallest absolute Gasteiger partial charge is 0.271 e. The minimum Gasteiger partial charge on any atom is -0.384 e. The molecule has 2 rings (SSSR count). The molecule has 1 aromatic rings. The first-order valence-corrected chi connectivity index (χ1v) is 7.88. The zero-order valence-corrected chi connectivity index (χ0v) is 12.7. The maximum atomic E-state index is 10.8. The van der Waals surface area contributed by atoms with Gasteiger partial charge >= 0.3 is 0 Å². The predicted molar refractivity (Wildman–Crippen MR) is 85.8 cm³/mol. The number of nitrogens with one attached hydrogen (secondary N) is 2. The first-order valence-electron chi connectivity index (χ1n) is 7.88. The van der Waals surface area contributed by atoms with Crippen LogP contribution in [0, 0.1) is 17.0 Å². The Bertz CT molecular complexity index is 469. The fourth-order valence-corrected chi connectivity index (χ4v) is 2.94. The van der Waals surface area contributed by atoms with Crippen molar-refractivity contribution in [2.45, 2.75) is 51.5 Å². The number of nitro benzene ring substituents is 1. The first-order chi connectivity index (χ1) is 10.1. The van der Waals surface area contributed by atoms with E-state index in [4.69, 9.17) is 0 Å². The van der Waals surface area contributed by atoms with Crippen molar-refractivity contribution < 1.29 is 4.92 Å². The van der Waals surface area contributed by atoms with Gasteiger partial charge in [-0.05, 0) is 31.4 Å². The summed E-state index contributed by atoms with van der Waals surface area (Å²) < 4.78 is 0. The molecule has 116 valence electrons. The minimum absolute atomic E-state index is 0.147. The van der Waals surface area contributed by atoms with Gasteiger partial charge in [-0.1, -0.05) is 25.7 Å². The summed E-state index contributed by atoms with van der Waals surface area (Å²) in [4.78, 5) is 10.5. The maximum absolute atomic E-state index is 10.8. The van der Waals surface area contributed by atoms with E-state index in [-0.39, 0.29) is 10.6 Å². The summed E-state index contributed by atoms with van der Waals surface area (Å²) in [6.07, 6.45) is 7.93. The van der Waals surface area contributed by atoms with Crippen LogP contribution in [0.4, 0.5) is 11.4 Å². The molecule has 5 nitrogen and oxygen atoms in total. The van der Waals surface area contributed by atoms with Gasteiger partial charge in [0.1, 0.15) is 0 Å². The molecule has 0 unspecified atom stereocenters. The Kier molecular flexibility index (Phi) is 5.99. The fraction of sp³-hybridized carbons (Fsp3) is 0.625. The highest BCUT2D eigenvalue weighted by Gasteiger charge is 2.11. The molecule has 0 amide bonds. The van der Waals surface area contributed by atoms with E-state index >= 15 is 0 Å². The maximum Gasteiger partial charge on any atom is 0.271 e. The quantitative estimate of drug-likeness (QED) is 0.363. The topological polar surface area (TPSA) is 67.2 Å². The average molecular weight is 291 g/mol. The molecular weight excluding hydrogens is 266 g/mol. The van der Waals surface area contributed by atoms with E-state index in [2.05, 4.69) is 10.6 Å². The molecule has 1 aliphatic rings. The number of non-ortho nitro benzene ring substituents is 1. The van der Waals surface area contributed by atoms with Crippen LogP contribution in [0.25, 0.3) is 0 Å². The molecule has 2 N–H and O–H groups in total. The number of hydrogen-bond donors (Lipinski definition) is 2. The molecule has 0 saturated heterocycles. The standard InChI is InChI=1S/C16H25N3O2/c1-13-10-15(12-16(11-13)19(20)21)18-9-8-17-14-6-4-2-3-5-7-14/h10-12,14,17-18H,2-9H2,1H3. The van der Waals surface area contributed by atoms with Gasteiger partial charge in [0.25, 0.3) is 5.69 Å². The van der Waals surface area contributed by atoms with Gasteiger partial charge in [-0.25, -0.2) is 0 Å². The third-order valence-electron chi connectivity index (χ3n) is 4.02. The van der Waals surface area contributed by atoms with Gasteiger partial charge in [0.2, 0.25) is 0 Å². The lowest BCUT2D eigenvalue weighted by molar-refractivity contribution is -0.384. The van der Waals surface area contributed by atoms with E-state index < -0.39 is 0 Å². The van der Waals surface area contributed by atoms with E-state index in [1.54, 1.807) is 12.1 Å². The van der Waals surface area contributed by atoms with Crippen LogP contribution in [0.15, 0.2) is 18.2 Å². The molecule has 1 aliphatic carbocycles. The minimum atomic E-state index is -0.345. The molecule has 0 spiro atoms. The molecule has 0 aromatic heterocycles. The largest absolute Gasteiger partial charge is 0.384 e. The van der Waals surface area contributed by atoms with Crippen LogP contribution >= 0.6 is 0 Å². The van der Waals surface area contributed by atoms with E-state index in [1.807, 2.05) is 13.0 Å². The van der Waals surface area contributed by atoms with Crippen molar-refractivity contribution in [2.24, 2.45) is 0 Å². The van der Waals surface area contributed by atoms with Gasteiger partial charge in [0, 0.05) is 37.0 Å². The summed E-state index contributed by atoms with van der Waals surface area (Å²) in [5, 5.41) is 17.7. The average Bonchev–Trinajstić information content (AvgIpc) is 2.71. The van der Waals surface area contributed by atoms with Crippen LogP contribution in [-0.4, -0.2) is 24.1 Å². The Morgan fingerprint density at radius 1 is 1.14 bits per heavy atom. The van der Waals surface area contributed by atoms with E-state index in [1.165, 1.54) is 38.5 Å². The third-order valence-corrected chi connectivity index (χ3v) is 4.02. The van der Waals surface area contributed by atoms with E-state index in [0.29, 0.717) is 6.04 Å². The second-order valence-corrected chi connectivity index (χ2v) is 5.88. The van der Waals surface area contributed by atoms with Crippen molar-refractivity contribution in [2.75, 3.05) is 18.4 Å². The van der Waals surface area contributed by atoms with Gasteiger partial charge in [0.15, 0.2) is 0 Å². The Morgan fingerprint density at radius 3 is 2.52 bits per heavy atom. The van der Waals surface area contributed by atoms with E-state index in [0.717, 1.165) is 24.3 Å². The number of hydrogen-bond acceptors (Lipinski definition) is 4. The molecule has 1 aromatic carbocycles. The highest BCUT2D eigenvalue weighted by molar-refractivity contribution is 5.53. The highest BCUT2D eigenvalue weighted by atomic mass is 16.6. The van der Waals surface area contributed by atoms with Crippen LogP contribution in [-0.2, 0) is 0 Å². The van der Waals surface area contributed by atoms with Crippen molar-refractivity contribution in [3.05, 3.63) is 33.9 Å². The molecule has 0 heterocycles. The summed E-state index contributed by atoms with van der Waals surface area (Å²) >= 11 is 0. The van der Waals surface area contributed by atoms with Crippen LogP contribution in [0.3, 0.4) is 0 Å². The normalized spacial score (nSPS) is 16.4. The number of rotatable bonds is 6. The van der Waals surface area contributed by atoms with Crippen molar-refractivity contribution in [3.8, 4) is 0 Å². The van der Waals surface area contributed by atoms with Crippen LogP contribution < -0.4 is 10.6 Å². The summed E-state index contributed by atoms with van der Waals surface area (Å²) in [6.45, 7) is 3.56. The Hall–Kier alpha value is -1.62. The summed E-state index contributed by atoms with van der Waals surface area (Å²) in [7, 11) is 0. The number of nitro groups is 1. The van der Waals surface area contributed by atoms with Gasteiger partial charge in [-0.2, -0.15) is 0 Å². The molecular formula is C16H25N3O2. The van der Waals surface area contributed by atoms with Crippen molar-refractivity contribution in [1.82, 2.24) is 5.32 Å². The number of nitrogens with zero attached hydrogens (tertiary/aromatic N) is 1. The lowest BCUT2D eigenvalue weighted by Gasteiger charge is -2.16. The molecule has 5 heteroatoms. The fourth-order valence-electron chi connectivity index (χ4n) is 2.94. The molecule has 1 fully saturated rings. The highest BCUT2D eigenvalue weighted by Crippen LogP contribution is 2.20. The van der Waals surface area contributed by atoms with Gasteiger partial charge < -0.3 is 10.6 Å². The zero-order chi connectivity index (χ0) is 15.1. The molecule has 0 aliphatic heterocycles. The Labute approximate surface area is 126 Å². The van der Waals surface area contributed by atoms with Crippen LogP contribution in [0.2, 0.25) is 0 Å². The first kappa shape index (κ1) is 15.8. The monoisotopic (exact) mass is 291 g/mol. The van der Waals surface area contributed by atoms with Crippen molar-refractivity contribution in [3.63, 3.8) is 0 Å². The number of benzene rings is 1. The summed E-state index contributed by atoms with van der Waals surface area (Å²) in [6, 6.07) is 5.77. The van der Waals surface area contributed by atoms with Crippen LogP contribution in [0.5, 0.6) is 0 Å². The molecule has 0 atom stereocenters. The van der Waals surface area contributed by atoms with Crippen molar-refractivity contribution in [1.29, 1.82) is 0 Å². The molecule has 0 bridgehead atoms. The predicted octanol–water partition coefficient (Wildman–Crippen LogP) is 3.63. The van der Waals surface area contributed by atoms with Crippen molar-refractivity contribution >= 4 is 11.4 Å².